The Bertz CT molecular complexity index is 345. The van der Waals surface area contributed by atoms with Crippen LogP contribution in [0.25, 0.3) is 0 Å². The van der Waals surface area contributed by atoms with Crippen LogP contribution in [0.2, 0.25) is 0 Å². The average molecular weight is 239 g/mol. The summed E-state index contributed by atoms with van der Waals surface area (Å²) in [6.07, 6.45) is 5.92. The number of ether oxygens (including phenoxy) is 1. The van der Waals surface area contributed by atoms with Crippen LogP contribution in [0, 0.1) is 0 Å². The van der Waals surface area contributed by atoms with E-state index >= 15 is 0 Å². The van der Waals surface area contributed by atoms with E-state index in [0.29, 0.717) is 11.7 Å². The molecule has 2 N–H and O–H groups in total. The van der Waals surface area contributed by atoms with Gasteiger partial charge in [-0.1, -0.05) is 18.0 Å². The Morgan fingerprint density at radius 2 is 2.18 bits per heavy atom. The first kappa shape index (κ1) is 12.5. The monoisotopic (exact) mass is 239 g/mol. The second-order valence-electron chi connectivity index (χ2n) is 4.68. The highest BCUT2D eigenvalue weighted by Crippen LogP contribution is 2.34. The molecule has 1 aromatic rings. The summed E-state index contributed by atoms with van der Waals surface area (Å²) in [7, 11) is 0. The van der Waals surface area contributed by atoms with Crippen LogP contribution in [0.3, 0.4) is 0 Å². The standard InChI is InChI=1S/C12H21N3O2/c1-2-16-9-5-6-10-14-11(15-17-10)12(13)7-3-4-8-12/h2-9,13H2,1H3. The van der Waals surface area contributed by atoms with E-state index in [1.165, 1.54) is 0 Å². The summed E-state index contributed by atoms with van der Waals surface area (Å²) >= 11 is 0. The molecule has 0 unspecified atom stereocenters. The van der Waals surface area contributed by atoms with Crippen molar-refractivity contribution in [2.75, 3.05) is 13.2 Å². The van der Waals surface area contributed by atoms with Gasteiger partial charge in [0.2, 0.25) is 5.89 Å². The summed E-state index contributed by atoms with van der Waals surface area (Å²) in [6.45, 7) is 3.48. The van der Waals surface area contributed by atoms with Crippen molar-refractivity contribution in [2.45, 2.75) is 51.0 Å². The highest BCUT2D eigenvalue weighted by Gasteiger charge is 2.35. The highest BCUT2D eigenvalue weighted by atomic mass is 16.5. The first-order valence-electron chi connectivity index (χ1n) is 6.44. The molecule has 0 amide bonds. The largest absolute Gasteiger partial charge is 0.382 e. The van der Waals surface area contributed by atoms with Crippen molar-refractivity contribution in [1.29, 1.82) is 0 Å². The first-order valence-corrected chi connectivity index (χ1v) is 6.44. The lowest BCUT2D eigenvalue weighted by molar-refractivity contribution is 0.143. The number of rotatable bonds is 6. The maximum absolute atomic E-state index is 6.26. The smallest absolute Gasteiger partial charge is 0.226 e. The number of hydrogen-bond donors (Lipinski definition) is 1. The summed E-state index contributed by atoms with van der Waals surface area (Å²) in [4.78, 5) is 4.40. The molecule has 1 fully saturated rings. The fourth-order valence-corrected chi connectivity index (χ4v) is 2.26. The topological polar surface area (TPSA) is 74.2 Å². The van der Waals surface area contributed by atoms with Gasteiger partial charge in [0.1, 0.15) is 0 Å². The molecule has 1 aliphatic carbocycles. The van der Waals surface area contributed by atoms with E-state index in [2.05, 4.69) is 10.1 Å². The normalized spacial score (nSPS) is 18.7. The average Bonchev–Trinajstić information content (AvgIpc) is 2.94. The molecule has 2 rings (SSSR count). The Kier molecular flexibility index (Phi) is 4.12. The molecule has 17 heavy (non-hydrogen) atoms. The van der Waals surface area contributed by atoms with Gasteiger partial charge >= 0.3 is 0 Å². The fraction of sp³-hybridized carbons (Fsp3) is 0.833. The maximum atomic E-state index is 6.26. The van der Waals surface area contributed by atoms with Gasteiger partial charge in [0.05, 0.1) is 5.54 Å². The molecule has 1 heterocycles. The quantitative estimate of drug-likeness (QED) is 0.766. The number of nitrogens with zero attached hydrogens (tertiary/aromatic N) is 2. The summed E-state index contributed by atoms with van der Waals surface area (Å²) in [5.74, 6) is 1.36. The summed E-state index contributed by atoms with van der Waals surface area (Å²) in [5.41, 5.74) is 5.91. The molecule has 5 nitrogen and oxygen atoms in total. The molecular weight excluding hydrogens is 218 g/mol. The van der Waals surface area contributed by atoms with Crippen LogP contribution >= 0.6 is 0 Å². The maximum Gasteiger partial charge on any atom is 0.226 e. The van der Waals surface area contributed by atoms with E-state index in [4.69, 9.17) is 15.0 Å². The Labute approximate surface area is 102 Å². The third-order valence-electron chi connectivity index (χ3n) is 3.29. The minimum Gasteiger partial charge on any atom is -0.382 e. The molecule has 0 atom stereocenters. The third-order valence-corrected chi connectivity index (χ3v) is 3.29. The Hall–Kier alpha value is -0.940. The molecule has 1 saturated carbocycles. The van der Waals surface area contributed by atoms with Crippen molar-refractivity contribution in [3.8, 4) is 0 Å². The van der Waals surface area contributed by atoms with Crippen LogP contribution in [0.1, 0.15) is 50.7 Å². The molecule has 5 heteroatoms. The van der Waals surface area contributed by atoms with Gasteiger partial charge in [-0.3, -0.25) is 0 Å². The van der Waals surface area contributed by atoms with E-state index < -0.39 is 0 Å². The molecule has 0 aromatic carbocycles. The van der Waals surface area contributed by atoms with Crippen LogP contribution in [-0.4, -0.2) is 23.4 Å². The highest BCUT2D eigenvalue weighted by molar-refractivity contribution is 5.06. The molecule has 1 aliphatic rings. The van der Waals surface area contributed by atoms with Crippen molar-refractivity contribution >= 4 is 0 Å². The zero-order valence-electron chi connectivity index (χ0n) is 10.4. The van der Waals surface area contributed by atoms with Gasteiger partial charge in [0, 0.05) is 19.6 Å². The van der Waals surface area contributed by atoms with Gasteiger partial charge in [-0.2, -0.15) is 4.98 Å². The van der Waals surface area contributed by atoms with E-state index in [-0.39, 0.29) is 5.54 Å². The van der Waals surface area contributed by atoms with Gasteiger partial charge in [-0.15, -0.1) is 0 Å². The lowest BCUT2D eigenvalue weighted by Crippen LogP contribution is -2.34. The van der Waals surface area contributed by atoms with Crippen LogP contribution in [0.4, 0.5) is 0 Å². The van der Waals surface area contributed by atoms with Gasteiger partial charge in [-0.25, -0.2) is 0 Å². The van der Waals surface area contributed by atoms with Gasteiger partial charge in [-0.05, 0) is 26.2 Å². The second kappa shape index (κ2) is 5.60. The minimum atomic E-state index is -0.346. The van der Waals surface area contributed by atoms with E-state index in [9.17, 15) is 0 Å². The SMILES string of the molecule is CCOCCCc1nc(C2(N)CCCC2)no1. The molecule has 0 bridgehead atoms. The second-order valence-corrected chi connectivity index (χ2v) is 4.68. The first-order chi connectivity index (χ1) is 8.24. The van der Waals surface area contributed by atoms with Gasteiger partial charge < -0.3 is 15.0 Å². The molecule has 1 aromatic heterocycles. The summed E-state index contributed by atoms with van der Waals surface area (Å²) in [6, 6.07) is 0. The molecule has 0 aliphatic heterocycles. The van der Waals surface area contributed by atoms with Crippen molar-refractivity contribution in [2.24, 2.45) is 5.73 Å². The van der Waals surface area contributed by atoms with E-state index in [0.717, 1.165) is 51.7 Å². The third kappa shape index (κ3) is 3.04. The molecule has 0 radical (unpaired) electrons. The van der Waals surface area contributed by atoms with Crippen molar-refractivity contribution < 1.29 is 9.26 Å². The number of nitrogens with two attached hydrogens (primary N) is 1. The van der Waals surface area contributed by atoms with Crippen LogP contribution < -0.4 is 5.73 Å². The molecular formula is C12H21N3O2. The van der Waals surface area contributed by atoms with Crippen LogP contribution in [0.5, 0.6) is 0 Å². The van der Waals surface area contributed by atoms with Crippen molar-refractivity contribution in [1.82, 2.24) is 10.1 Å². The molecule has 0 saturated heterocycles. The predicted molar refractivity (Wildman–Crippen MR) is 63.4 cm³/mol. The lowest BCUT2D eigenvalue weighted by Gasteiger charge is -2.17. The van der Waals surface area contributed by atoms with Gasteiger partial charge in [0.15, 0.2) is 5.82 Å². The van der Waals surface area contributed by atoms with Gasteiger partial charge in [0.25, 0.3) is 0 Å². The zero-order valence-corrected chi connectivity index (χ0v) is 10.4. The number of hydrogen-bond acceptors (Lipinski definition) is 5. The zero-order chi connectivity index (χ0) is 12.1. The lowest BCUT2D eigenvalue weighted by atomic mass is 9.99. The summed E-state index contributed by atoms with van der Waals surface area (Å²) < 4.78 is 10.5. The van der Waals surface area contributed by atoms with Crippen LogP contribution in [0.15, 0.2) is 4.52 Å². The Balaban J connectivity index is 1.87. The molecule has 0 spiro atoms. The van der Waals surface area contributed by atoms with Crippen molar-refractivity contribution in [3.63, 3.8) is 0 Å². The van der Waals surface area contributed by atoms with E-state index in [1.807, 2.05) is 6.92 Å². The number of aromatic nitrogens is 2. The Morgan fingerprint density at radius 1 is 1.41 bits per heavy atom. The number of aryl methyl sites for hydroxylation is 1. The van der Waals surface area contributed by atoms with Crippen molar-refractivity contribution in [3.05, 3.63) is 11.7 Å². The summed E-state index contributed by atoms with van der Waals surface area (Å²) in [5, 5.41) is 4.02. The molecule has 96 valence electrons. The Morgan fingerprint density at radius 3 is 2.88 bits per heavy atom. The fourth-order valence-electron chi connectivity index (χ4n) is 2.26. The van der Waals surface area contributed by atoms with E-state index in [1.54, 1.807) is 0 Å². The minimum absolute atomic E-state index is 0.346. The van der Waals surface area contributed by atoms with Crippen LogP contribution in [-0.2, 0) is 16.7 Å². The predicted octanol–water partition coefficient (Wildman–Crippen LogP) is 1.77.